The van der Waals surface area contributed by atoms with E-state index in [1.807, 2.05) is 24.3 Å². The average Bonchev–Trinajstić information content (AvgIpc) is 2.28. The molecular formula is C13H14N2O2. The SMILES string of the molecule is N#CC1CN(C(=O)Cc2ccc(CO)cc2)C1. The van der Waals surface area contributed by atoms with Crippen molar-refractivity contribution in [3.05, 3.63) is 35.4 Å². The van der Waals surface area contributed by atoms with Gasteiger partial charge in [-0.25, -0.2) is 0 Å². The van der Waals surface area contributed by atoms with Crippen molar-refractivity contribution in [3.63, 3.8) is 0 Å². The van der Waals surface area contributed by atoms with Crippen LogP contribution in [0.5, 0.6) is 0 Å². The van der Waals surface area contributed by atoms with Gasteiger partial charge in [-0.2, -0.15) is 5.26 Å². The first-order valence-electron chi connectivity index (χ1n) is 5.59. The number of amides is 1. The molecule has 1 aliphatic rings. The van der Waals surface area contributed by atoms with Crippen molar-refractivity contribution in [3.8, 4) is 6.07 Å². The van der Waals surface area contributed by atoms with Gasteiger partial charge in [0, 0.05) is 13.1 Å². The number of benzene rings is 1. The molecule has 4 nitrogen and oxygen atoms in total. The first-order chi connectivity index (χ1) is 8.22. The van der Waals surface area contributed by atoms with Gasteiger partial charge in [0.25, 0.3) is 0 Å². The summed E-state index contributed by atoms with van der Waals surface area (Å²) in [4.78, 5) is 13.5. The van der Waals surface area contributed by atoms with Crippen molar-refractivity contribution in [2.24, 2.45) is 5.92 Å². The third-order valence-electron chi connectivity index (χ3n) is 2.98. The van der Waals surface area contributed by atoms with Crippen molar-refractivity contribution in [2.75, 3.05) is 13.1 Å². The fourth-order valence-corrected chi connectivity index (χ4v) is 1.81. The Morgan fingerprint density at radius 2 is 1.94 bits per heavy atom. The summed E-state index contributed by atoms with van der Waals surface area (Å²) in [6, 6.07) is 9.48. The Bertz CT molecular complexity index is 441. The molecule has 1 aromatic carbocycles. The first-order valence-corrected chi connectivity index (χ1v) is 5.59. The summed E-state index contributed by atoms with van der Waals surface area (Å²) in [6.07, 6.45) is 0.365. The maximum atomic E-state index is 11.8. The van der Waals surface area contributed by atoms with Crippen LogP contribution in [0, 0.1) is 17.2 Å². The molecule has 0 spiro atoms. The van der Waals surface area contributed by atoms with Gasteiger partial charge in [-0.3, -0.25) is 4.79 Å². The lowest BCUT2D eigenvalue weighted by atomic mass is 10.0. The van der Waals surface area contributed by atoms with Crippen LogP contribution in [0.2, 0.25) is 0 Å². The molecule has 2 rings (SSSR count). The van der Waals surface area contributed by atoms with E-state index >= 15 is 0 Å². The van der Waals surface area contributed by atoms with Crippen LogP contribution in [0.25, 0.3) is 0 Å². The number of aliphatic hydroxyl groups is 1. The zero-order chi connectivity index (χ0) is 12.3. The Balaban J connectivity index is 1.88. The minimum Gasteiger partial charge on any atom is -0.392 e. The van der Waals surface area contributed by atoms with Crippen LogP contribution in [0.15, 0.2) is 24.3 Å². The predicted octanol–water partition coefficient (Wildman–Crippen LogP) is 0.703. The van der Waals surface area contributed by atoms with E-state index in [4.69, 9.17) is 10.4 Å². The van der Waals surface area contributed by atoms with Gasteiger partial charge in [0.05, 0.1) is 25.0 Å². The van der Waals surface area contributed by atoms with Crippen LogP contribution < -0.4 is 0 Å². The Labute approximate surface area is 100 Å². The highest BCUT2D eigenvalue weighted by molar-refractivity contribution is 5.79. The number of hydrogen-bond acceptors (Lipinski definition) is 3. The molecule has 0 aromatic heterocycles. The lowest BCUT2D eigenvalue weighted by Crippen LogP contribution is -2.49. The molecule has 1 amide bonds. The van der Waals surface area contributed by atoms with Crippen LogP contribution in [-0.4, -0.2) is 29.0 Å². The monoisotopic (exact) mass is 230 g/mol. The van der Waals surface area contributed by atoms with Gasteiger partial charge in [0.2, 0.25) is 5.91 Å². The Morgan fingerprint density at radius 1 is 1.35 bits per heavy atom. The van der Waals surface area contributed by atoms with Gasteiger partial charge in [-0.1, -0.05) is 24.3 Å². The maximum Gasteiger partial charge on any atom is 0.227 e. The third kappa shape index (κ3) is 2.63. The van der Waals surface area contributed by atoms with Crippen molar-refractivity contribution in [1.82, 2.24) is 4.90 Å². The summed E-state index contributed by atoms with van der Waals surface area (Å²) in [7, 11) is 0. The standard InChI is InChI=1S/C13H14N2O2/c14-6-12-7-15(8-12)13(17)5-10-1-3-11(9-16)4-2-10/h1-4,12,16H,5,7-9H2. The lowest BCUT2D eigenvalue weighted by molar-refractivity contribution is -0.135. The third-order valence-corrected chi connectivity index (χ3v) is 2.98. The maximum absolute atomic E-state index is 11.8. The molecule has 88 valence electrons. The molecule has 0 radical (unpaired) electrons. The van der Waals surface area contributed by atoms with Gasteiger partial charge in [0.15, 0.2) is 0 Å². The molecule has 1 aromatic rings. The summed E-state index contributed by atoms with van der Waals surface area (Å²) < 4.78 is 0. The van der Waals surface area contributed by atoms with Gasteiger partial charge in [-0.05, 0) is 11.1 Å². The van der Waals surface area contributed by atoms with Crippen molar-refractivity contribution in [1.29, 1.82) is 5.26 Å². The minimum absolute atomic E-state index is 0.00992. The van der Waals surface area contributed by atoms with Gasteiger partial charge >= 0.3 is 0 Å². The molecule has 4 heteroatoms. The van der Waals surface area contributed by atoms with Crippen molar-refractivity contribution >= 4 is 5.91 Å². The number of likely N-dealkylation sites (tertiary alicyclic amines) is 1. The Hall–Kier alpha value is -1.86. The summed E-state index contributed by atoms with van der Waals surface area (Å²) >= 11 is 0. The summed E-state index contributed by atoms with van der Waals surface area (Å²) in [5.74, 6) is 0.0731. The molecule has 0 unspecified atom stereocenters. The van der Waals surface area contributed by atoms with E-state index in [9.17, 15) is 4.79 Å². The van der Waals surface area contributed by atoms with Crippen LogP contribution in [-0.2, 0) is 17.8 Å². The van der Waals surface area contributed by atoms with Crippen molar-refractivity contribution < 1.29 is 9.90 Å². The number of nitriles is 1. The summed E-state index contributed by atoms with van der Waals surface area (Å²) in [5.41, 5.74) is 1.78. The second-order valence-corrected chi connectivity index (χ2v) is 4.28. The number of carbonyl (C=O) groups is 1. The van der Waals surface area contributed by atoms with E-state index < -0.39 is 0 Å². The second kappa shape index (κ2) is 4.98. The zero-order valence-corrected chi connectivity index (χ0v) is 9.47. The minimum atomic E-state index is 0.00992. The molecule has 0 atom stereocenters. The first kappa shape index (κ1) is 11.6. The molecule has 1 fully saturated rings. The molecule has 0 saturated carbocycles. The topological polar surface area (TPSA) is 64.3 Å². The molecule has 1 N–H and O–H groups in total. The number of hydrogen-bond donors (Lipinski definition) is 1. The highest BCUT2D eigenvalue weighted by atomic mass is 16.3. The lowest BCUT2D eigenvalue weighted by Gasteiger charge is -2.35. The molecule has 1 heterocycles. The fraction of sp³-hybridized carbons (Fsp3) is 0.385. The normalized spacial score (nSPS) is 15.2. The highest BCUT2D eigenvalue weighted by Crippen LogP contribution is 2.16. The summed E-state index contributed by atoms with van der Waals surface area (Å²) in [6.45, 7) is 1.14. The molecule has 0 bridgehead atoms. The van der Waals surface area contributed by atoms with E-state index in [1.54, 1.807) is 4.90 Å². The fourth-order valence-electron chi connectivity index (χ4n) is 1.81. The molecule has 17 heavy (non-hydrogen) atoms. The summed E-state index contributed by atoms with van der Waals surface area (Å²) in [5, 5.41) is 17.5. The number of aliphatic hydroxyl groups excluding tert-OH is 1. The van der Waals surface area contributed by atoms with Gasteiger partial charge in [0.1, 0.15) is 0 Å². The van der Waals surface area contributed by atoms with Gasteiger partial charge < -0.3 is 10.0 Å². The van der Waals surface area contributed by atoms with E-state index in [2.05, 4.69) is 6.07 Å². The van der Waals surface area contributed by atoms with Crippen LogP contribution in [0.3, 0.4) is 0 Å². The second-order valence-electron chi connectivity index (χ2n) is 4.28. The van der Waals surface area contributed by atoms with Crippen LogP contribution >= 0.6 is 0 Å². The largest absolute Gasteiger partial charge is 0.392 e. The van der Waals surface area contributed by atoms with E-state index in [0.717, 1.165) is 11.1 Å². The molecule has 1 aliphatic heterocycles. The molecule has 0 aliphatic carbocycles. The van der Waals surface area contributed by atoms with Gasteiger partial charge in [-0.15, -0.1) is 0 Å². The van der Waals surface area contributed by atoms with Crippen LogP contribution in [0.1, 0.15) is 11.1 Å². The average molecular weight is 230 g/mol. The Kier molecular flexibility index (Phi) is 3.40. The van der Waals surface area contributed by atoms with Crippen LogP contribution in [0.4, 0.5) is 0 Å². The number of nitrogens with zero attached hydrogens (tertiary/aromatic N) is 2. The smallest absolute Gasteiger partial charge is 0.227 e. The van der Waals surface area contributed by atoms with Crippen molar-refractivity contribution in [2.45, 2.75) is 13.0 Å². The molecule has 1 saturated heterocycles. The number of rotatable bonds is 3. The Morgan fingerprint density at radius 3 is 2.47 bits per heavy atom. The zero-order valence-electron chi connectivity index (χ0n) is 9.47. The van der Waals surface area contributed by atoms with E-state index in [0.29, 0.717) is 19.5 Å². The molecular weight excluding hydrogens is 216 g/mol. The number of carbonyl (C=O) groups excluding carboxylic acids is 1. The predicted molar refractivity (Wildman–Crippen MR) is 61.8 cm³/mol. The quantitative estimate of drug-likeness (QED) is 0.831. The van der Waals surface area contributed by atoms with E-state index in [-0.39, 0.29) is 18.4 Å². The van der Waals surface area contributed by atoms with E-state index in [1.165, 1.54) is 0 Å². The highest BCUT2D eigenvalue weighted by Gasteiger charge is 2.29.